The first kappa shape index (κ1) is 20.9. The van der Waals surface area contributed by atoms with Gasteiger partial charge in [0.1, 0.15) is 0 Å². The van der Waals surface area contributed by atoms with E-state index in [1.54, 1.807) is 23.9 Å². The highest BCUT2D eigenvalue weighted by Crippen LogP contribution is 2.38. The summed E-state index contributed by atoms with van der Waals surface area (Å²) in [6.07, 6.45) is 7.26. The van der Waals surface area contributed by atoms with E-state index in [1.807, 2.05) is 30.3 Å². The van der Waals surface area contributed by atoms with Gasteiger partial charge in [0.25, 0.3) is 11.6 Å². The van der Waals surface area contributed by atoms with E-state index in [1.165, 1.54) is 31.5 Å². The molecule has 1 aliphatic rings. The Morgan fingerprint density at radius 1 is 1.17 bits per heavy atom. The fourth-order valence-corrected chi connectivity index (χ4v) is 4.51. The quantitative estimate of drug-likeness (QED) is 0.376. The Kier molecular flexibility index (Phi) is 7.63. The van der Waals surface area contributed by atoms with Crippen molar-refractivity contribution in [3.63, 3.8) is 0 Å². The minimum atomic E-state index is -0.356. The summed E-state index contributed by atoms with van der Waals surface area (Å²) in [7, 11) is 0. The van der Waals surface area contributed by atoms with Crippen molar-refractivity contribution in [2.45, 2.75) is 42.2 Å². The van der Waals surface area contributed by atoms with Crippen LogP contribution < -0.4 is 10.7 Å². The number of hydrazone groups is 1. The fraction of sp³-hybridized carbons (Fsp3) is 0.333. The molecule has 1 aliphatic carbocycles. The van der Waals surface area contributed by atoms with Gasteiger partial charge >= 0.3 is 0 Å². The average Bonchev–Trinajstić information content (AvgIpc) is 2.74. The van der Waals surface area contributed by atoms with E-state index >= 15 is 0 Å². The minimum absolute atomic E-state index is 0.0818. The molecule has 2 aromatic carbocycles. The Morgan fingerprint density at radius 3 is 2.66 bits per heavy atom. The first-order valence-corrected chi connectivity index (χ1v) is 10.6. The maximum atomic E-state index is 11.9. The number of rotatable bonds is 8. The molecule has 7 nitrogen and oxygen atoms in total. The molecule has 1 fully saturated rings. The first-order valence-electron chi connectivity index (χ1n) is 9.68. The van der Waals surface area contributed by atoms with Crippen molar-refractivity contribution in [2.75, 3.05) is 11.9 Å². The molecule has 0 spiro atoms. The molecule has 29 heavy (non-hydrogen) atoms. The highest BCUT2D eigenvalue weighted by atomic mass is 32.2. The van der Waals surface area contributed by atoms with E-state index in [0.717, 1.165) is 18.5 Å². The number of nitrogens with one attached hydrogen (secondary N) is 2. The molecule has 0 saturated heterocycles. The lowest BCUT2D eigenvalue weighted by atomic mass is 10.0. The number of benzene rings is 2. The van der Waals surface area contributed by atoms with Crippen LogP contribution in [0, 0.1) is 10.1 Å². The van der Waals surface area contributed by atoms with Gasteiger partial charge in [0.05, 0.1) is 22.6 Å². The van der Waals surface area contributed by atoms with E-state index in [-0.39, 0.29) is 23.1 Å². The summed E-state index contributed by atoms with van der Waals surface area (Å²) in [6.45, 7) is 0.0818. The smallest absolute Gasteiger partial charge is 0.283 e. The van der Waals surface area contributed by atoms with Gasteiger partial charge < -0.3 is 5.32 Å². The number of nitro benzene ring substituents is 1. The number of thioether (sulfide) groups is 1. The number of nitro groups is 1. The van der Waals surface area contributed by atoms with Gasteiger partial charge in [-0.15, -0.1) is 11.8 Å². The van der Waals surface area contributed by atoms with Crippen LogP contribution in [0.2, 0.25) is 0 Å². The van der Waals surface area contributed by atoms with Crippen LogP contribution in [-0.4, -0.2) is 28.8 Å². The molecule has 1 saturated carbocycles. The Hall–Kier alpha value is -2.87. The second-order valence-corrected chi connectivity index (χ2v) is 8.22. The lowest BCUT2D eigenvalue weighted by Gasteiger charge is -2.20. The third kappa shape index (κ3) is 6.60. The summed E-state index contributed by atoms with van der Waals surface area (Å²) in [5.41, 5.74) is 3.92. The summed E-state index contributed by atoms with van der Waals surface area (Å²) >= 11 is 1.60. The molecule has 1 amide bonds. The van der Waals surface area contributed by atoms with Crippen LogP contribution in [0.4, 0.5) is 11.4 Å². The van der Waals surface area contributed by atoms with E-state index in [0.29, 0.717) is 15.7 Å². The van der Waals surface area contributed by atoms with E-state index in [9.17, 15) is 14.9 Å². The summed E-state index contributed by atoms with van der Waals surface area (Å²) in [5.74, 6) is -0.302. The monoisotopic (exact) mass is 412 g/mol. The second kappa shape index (κ2) is 10.6. The van der Waals surface area contributed by atoms with Gasteiger partial charge in [0.15, 0.2) is 0 Å². The van der Waals surface area contributed by atoms with Gasteiger partial charge in [0, 0.05) is 22.6 Å². The third-order valence-corrected chi connectivity index (χ3v) is 6.06. The zero-order valence-electron chi connectivity index (χ0n) is 16.0. The fourth-order valence-electron chi connectivity index (χ4n) is 3.18. The lowest BCUT2D eigenvalue weighted by molar-refractivity contribution is -0.387. The predicted octanol–water partition coefficient (Wildman–Crippen LogP) is 4.58. The van der Waals surface area contributed by atoms with E-state index in [4.69, 9.17) is 0 Å². The van der Waals surface area contributed by atoms with Gasteiger partial charge in [-0.3, -0.25) is 14.9 Å². The van der Waals surface area contributed by atoms with Crippen molar-refractivity contribution in [3.05, 3.63) is 64.2 Å². The van der Waals surface area contributed by atoms with Crippen LogP contribution >= 0.6 is 11.8 Å². The molecular formula is C21H24N4O3S. The Morgan fingerprint density at radius 2 is 1.93 bits per heavy atom. The second-order valence-electron chi connectivity index (χ2n) is 6.87. The summed E-state index contributed by atoms with van der Waals surface area (Å²) in [4.78, 5) is 23.7. The van der Waals surface area contributed by atoms with Crippen molar-refractivity contribution in [3.8, 4) is 0 Å². The maximum Gasteiger partial charge on any atom is 0.283 e. The Balaban J connectivity index is 1.56. The maximum absolute atomic E-state index is 11.9. The normalized spacial score (nSPS) is 14.6. The number of hydrogen-bond acceptors (Lipinski definition) is 6. The van der Waals surface area contributed by atoms with Gasteiger partial charge in [-0.05, 0) is 31.0 Å². The van der Waals surface area contributed by atoms with Gasteiger partial charge in [-0.2, -0.15) is 5.10 Å². The SMILES string of the molecule is O=C(CNc1ccccc1)NN=Cc1ccc(SC2CCCCC2)c([N+](=O)[O-])c1. The number of hydrogen-bond donors (Lipinski definition) is 2. The number of nitrogens with zero attached hydrogens (tertiary/aromatic N) is 2. The molecule has 0 bridgehead atoms. The number of carbonyl (C=O) groups excluding carboxylic acids is 1. The van der Waals surface area contributed by atoms with Crippen molar-refractivity contribution >= 4 is 35.3 Å². The molecule has 2 aromatic rings. The molecule has 152 valence electrons. The molecule has 0 aliphatic heterocycles. The highest BCUT2D eigenvalue weighted by Gasteiger charge is 2.21. The first-order chi connectivity index (χ1) is 14.1. The zero-order chi connectivity index (χ0) is 20.5. The minimum Gasteiger partial charge on any atom is -0.376 e. The largest absolute Gasteiger partial charge is 0.376 e. The molecule has 0 radical (unpaired) electrons. The van der Waals surface area contributed by atoms with Crippen LogP contribution in [-0.2, 0) is 4.79 Å². The standard InChI is InChI=1S/C21H24N4O3S/c26-21(15-22-17-7-3-1-4-8-17)24-23-14-16-11-12-20(19(13-16)25(27)28)29-18-9-5-2-6-10-18/h1,3-4,7-8,11-14,18,22H,2,5-6,9-10,15H2,(H,24,26). The van der Waals surface area contributed by atoms with Crippen molar-refractivity contribution in [1.29, 1.82) is 0 Å². The predicted molar refractivity (Wildman–Crippen MR) is 116 cm³/mol. The number of amides is 1. The van der Waals surface area contributed by atoms with E-state index < -0.39 is 0 Å². The molecule has 8 heteroatoms. The Bertz CT molecular complexity index is 867. The summed E-state index contributed by atoms with van der Waals surface area (Å²) in [5, 5.41) is 18.8. The van der Waals surface area contributed by atoms with Gasteiger partial charge in [0.2, 0.25) is 0 Å². The molecule has 2 N–H and O–H groups in total. The van der Waals surface area contributed by atoms with E-state index in [2.05, 4.69) is 15.8 Å². The van der Waals surface area contributed by atoms with Crippen molar-refractivity contribution in [1.82, 2.24) is 5.43 Å². The van der Waals surface area contributed by atoms with Crippen molar-refractivity contribution in [2.24, 2.45) is 5.10 Å². The zero-order valence-corrected chi connectivity index (χ0v) is 16.9. The summed E-state index contributed by atoms with van der Waals surface area (Å²) in [6, 6.07) is 14.4. The number of carbonyl (C=O) groups is 1. The summed E-state index contributed by atoms with van der Waals surface area (Å²) < 4.78 is 0. The van der Waals surface area contributed by atoms with Crippen LogP contribution in [0.15, 0.2) is 58.5 Å². The average molecular weight is 413 g/mol. The lowest BCUT2D eigenvalue weighted by Crippen LogP contribution is -2.25. The molecule has 3 rings (SSSR count). The third-order valence-electron chi connectivity index (χ3n) is 4.66. The molecule has 0 aromatic heterocycles. The molecular weight excluding hydrogens is 388 g/mol. The highest BCUT2D eigenvalue weighted by molar-refractivity contribution is 8.00. The Labute approximate surface area is 174 Å². The van der Waals surface area contributed by atoms with Crippen LogP contribution in [0.3, 0.4) is 0 Å². The van der Waals surface area contributed by atoms with Crippen LogP contribution in [0.1, 0.15) is 37.7 Å². The topological polar surface area (TPSA) is 96.6 Å². The van der Waals surface area contributed by atoms with Gasteiger partial charge in [-0.1, -0.05) is 43.5 Å². The number of anilines is 1. The van der Waals surface area contributed by atoms with Crippen molar-refractivity contribution < 1.29 is 9.72 Å². The van der Waals surface area contributed by atoms with Crippen LogP contribution in [0.25, 0.3) is 0 Å². The molecule has 0 heterocycles. The number of para-hydroxylation sites is 1. The van der Waals surface area contributed by atoms with Crippen LogP contribution in [0.5, 0.6) is 0 Å². The molecule has 0 atom stereocenters. The van der Waals surface area contributed by atoms with Gasteiger partial charge in [-0.25, -0.2) is 5.43 Å². The molecule has 0 unspecified atom stereocenters.